The molecular weight excluding hydrogens is 422 g/mol. The van der Waals surface area contributed by atoms with E-state index in [1.54, 1.807) is 6.92 Å². The van der Waals surface area contributed by atoms with E-state index in [0.717, 1.165) is 28.7 Å². The molecule has 4 rings (SSSR count). The van der Waals surface area contributed by atoms with Crippen molar-refractivity contribution >= 4 is 11.8 Å². The van der Waals surface area contributed by atoms with Gasteiger partial charge in [0.2, 0.25) is 0 Å². The van der Waals surface area contributed by atoms with Gasteiger partial charge in [-0.1, -0.05) is 60.6 Å². The lowest BCUT2D eigenvalue weighted by Gasteiger charge is -2.19. The molecule has 0 saturated heterocycles. The van der Waals surface area contributed by atoms with Crippen molar-refractivity contribution in [1.29, 1.82) is 0 Å². The van der Waals surface area contributed by atoms with E-state index in [2.05, 4.69) is 29.9 Å². The molecule has 0 aliphatic heterocycles. The van der Waals surface area contributed by atoms with E-state index in [1.807, 2.05) is 55.5 Å². The Morgan fingerprint density at radius 1 is 1.15 bits per heavy atom. The molecule has 0 aliphatic rings. The minimum absolute atomic E-state index is 0.00394. The molecule has 168 valence electrons. The van der Waals surface area contributed by atoms with Crippen LogP contribution in [-0.4, -0.2) is 37.2 Å². The SMILES string of the molecule is CCC(Cc1ccc(-c2ccccc2-c2noc(=O)[nH]2)cc1)Nc1nc(C)ncc1C(=O)O. The summed E-state index contributed by atoms with van der Waals surface area (Å²) in [7, 11) is 0. The number of nitrogens with zero attached hydrogens (tertiary/aromatic N) is 3. The Morgan fingerprint density at radius 3 is 2.52 bits per heavy atom. The molecule has 3 N–H and O–H groups in total. The van der Waals surface area contributed by atoms with E-state index in [-0.39, 0.29) is 11.6 Å². The van der Waals surface area contributed by atoms with Gasteiger partial charge in [0.05, 0.1) is 0 Å². The van der Waals surface area contributed by atoms with Crippen molar-refractivity contribution in [2.45, 2.75) is 32.7 Å². The van der Waals surface area contributed by atoms with Crippen molar-refractivity contribution in [3.63, 3.8) is 0 Å². The molecule has 9 heteroatoms. The van der Waals surface area contributed by atoms with Crippen LogP contribution in [0.25, 0.3) is 22.5 Å². The van der Waals surface area contributed by atoms with Gasteiger partial charge in [0.15, 0.2) is 5.82 Å². The summed E-state index contributed by atoms with van der Waals surface area (Å²) in [5.74, 6) is -0.450. The van der Waals surface area contributed by atoms with Gasteiger partial charge < -0.3 is 10.4 Å². The second-order valence-electron chi connectivity index (χ2n) is 7.62. The fourth-order valence-corrected chi connectivity index (χ4v) is 3.62. The Labute approximate surface area is 189 Å². The zero-order valence-corrected chi connectivity index (χ0v) is 18.2. The third-order valence-corrected chi connectivity index (χ3v) is 5.34. The van der Waals surface area contributed by atoms with E-state index < -0.39 is 11.7 Å². The smallest absolute Gasteiger partial charge is 0.439 e. The lowest BCUT2D eigenvalue weighted by Crippen LogP contribution is -2.24. The summed E-state index contributed by atoms with van der Waals surface area (Å²) in [5, 5.41) is 16.5. The van der Waals surface area contributed by atoms with E-state index in [1.165, 1.54) is 6.20 Å². The lowest BCUT2D eigenvalue weighted by molar-refractivity contribution is 0.0697. The number of carboxylic acids is 1. The first-order valence-electron chi connectivity index (χ1n) is 10.5. The van der Waals surface area contributed by atoms with Crippen molar-refractivity contribution in [3.05, 3.63) is 82.2 Å². The quantitative estimate of drug-likeness (QED) is 0.371. The molecular formula is C24H23N5O4. The van der Waals surface area contributed by atoms with Crippen LogP contribution in [0.3, 0.4) is 0 Å². The molecule has 2 aromatic carbocycles. The standard InChI is InChI=1S/C24H23N5O4/c1-3-17(27-21-20(23(30)31)13-25-14(2)26-21)12-15-8-10-16(11-9-15)18-6-4-5-7-19(18)22-28-24(32)33-29-22/h4-11,13,17H,3,12H2,1-2H3,(H,30,31)(H,25,26,27)(H,28,29,32). The van der Waals surface area contributed by atoms with Crippen LogP contribution in [0.5, 0.6) is 0 Å². The maximum Gasteiger partial charge on any atom is 0.439 e. The van der Waals surface area contributed by atoms with E-state index >= 15 is 0 Å². The maximum absolute atomic E-state index is 11.5. The Bertz CT molecular complexity index is 1330. The number of nitrogens with one attached hydrogen (secondary N) is 2. The van der Waals surface area contributed by atoms with Gasteiger partial charge in [0, 0.05) is 17.8 Å². The number of aryl methyl sites for hydroxylation is 1. The number of anilines is 1. The second-order valence-corrected chi connectivity index (χ2v) is 7.62. The zero-order chi connectivity index (χ0) is 23.4. The van der Waals surface area contributed by atoms with Crippen LogP contribution in [0.1, 0.15) is 35.1 Å². The molecule has 1 unspecified atom stereocenters. The van der Waals surface area contributed by atoms with Crippen LogP contribution in [0.15, 0.2) is 64.0 Å². The molecule has 2 aromatic heterocycles. The molecule has 4 aromatic rings. The van der Waals surface area contributed by atoms with Gasteiger partial charge in [0.1, 0.15) is 17.2 Å². The third kappa shape index (κ3) is 4.98. The predicted molar refractivity (Wildman–Crippen MR) is 123 cm³/mol. The summed E-state index contributed by atoms with van der Waals surface area (Å²) in [6, 6.07) is 15.7. The zero-order valence-electron chi connectivity index (χ0n) is 18.2. The molecule has 0 amide bonds. The summed E-state index contributed by atoms with van der Waals surface area (Å²) in [5.41, 5.74) is 3.80. The van der Waals surface area contributed by atoms with Crippen molar-refractivity contribution in [3.8, 4) is 22.5 Å². The molecule has 2 heterocycles. The summed E-state index contributed by atoms with van der Waals surface area (Å²) in [6.45, 7) is 3.76. The van der Waals surface area contributed by atoms with Gasteiger partial charge in [-0.2, -0.15) is 0 Å². The summed E-state index contributed by atoms with van der Waals surface area (Å²) >= 11 is 0. The number of rotatable bonds is 8. The number of hydrogen-bond acceptors (Lipinski definition) is 7. The van der Waals surface area contributed by atoms with Crippen LogP contribution in [0, 0.1) is 6.92 Å². The van der Waals surface area contributed by atoms with Crippen LogP contribution in [-0.2, 0) is 6.42 Å². The number of carboxylic acid groups (broad SMARTS) is 1. The molecule has 0 radical (unpaired) electrons. The van der Waals surface area contributed by atoms with Crippen LogP contribution < -0.4 is 11.1 Å². The Morgan fingerprint density at radius 2 is 1.88 bits per heavy atom. The number of carbonyl (C=O) groups is 1. The number of aromatic amines is 1. The Hall–Kier alpha value is -4.27. The summed E-state index contributed by atoms with van der Waals surface area (Å²) in [4.78, 5) is 33.7. The topological polar surface area (TPSA) is 134 Å². The minimum Gasteiger partial charge on any atom is -0.477 e. The fourth-order valence-electron chi connectivity index (χ4n) is 3.62. The van der Waals surface area contributed by atoms with Crippen LogP contribution in [0.2, 0.25) is 0 Å². The van der Waals surface area contributed by atoms with Gasteiger partial charge >= 0.3 is 11.7 Å². The largest absolute Gasteiger partial charge is 0.477 e. The summed E-state index contributed by atoms with van der Waals surface area (Å²) < 4.78 is 4.65. The van der Waals surface area contributed by atoms with Crippen molar-refractivity contribution in [2.75, 3.05) is 5.32 Å². The monoisotopic (exact) mass is 445 g/mol. The van der Waals surface area contributed by atoms with E-state index in [9.17, 15) is 14.7 Å². The van der Waals surface area contributed by atoms with Gasteiger partial charge in [-0.05, 0) is 36.5 Å². The highest BCUT2D eigenvalue weighted by Crippen LogP contribution is 2.30. The second kappa shape index (κ2) is 9.47. The predicted octanol–water partition coefficient (Wildman–Crippen LogP) is 3.93. The van der Waals surface area contributed by atoms with E-state index in [4.69, 9.17) is 0 Å². The van der Waals surface area contributed by atoms with Gasteiger partial charge in [-0.3, -0.25) is 9.51 Å². The van der Waals surface area contributed by atoms with Crippen molar-refractivity contribution in [2.24, 2.45) is 0 Å². The average molecular weight is 445 g/mol. The number of benzene rings is 2. The highest BCUT2D eigenvalue weighted by molar-refractivity contribution is 5.92. The number of H-pyrrole nitrogens is 1. The van der Waals surface area contributed by atoms with Gasteiger partial charge in [-0.25, -0.2) is 19.6 Å². The van der Waals surface area contributed by atoms with Gasteiger partial charge in [-0.15, -0.1) is 0 Å². The van der Waals surface area contributed by atoms with Crippen molar-refractivity contribution < 1.29 is 14.4 Å². The first kappa shape index (κ1) is 21.9. The number of aromatic carboxylic acids is 1. The fraction of sp³-hybridized carbons (Fsp3) is 0.208. The lowest BCUT2D eigenvalue weighted by atomic mass is 9.96. The van der Waals surface area contributed by atoms with Gasteiger partial charge in [0.25, 0.3) is 0 Å². The Balaban J connectivity index is 1.54. The molecule has 0 spiro atoms. The highest BCUT2D eigenvalue weighted by atomic mass is 16.5. The molecule has 0 bridgehead atoms. The maximum atomic E-state index is 11.5. The third-order valence-electron chi connectivity index (χ3n) is 5.34. The van der Waals surface area contributed by atoms with Crippen LogP contribution in [0.4, 0.5) is 5.82 Å². The minimum atomic E-state index is -1.07. The van der Waals surface area contributed by atoms with Crippen molar-refractivity contribution in [1.82, 2.24) is 20.1 Å². The first-order chi connectivity index (χ1) is 15.9. The molecule has 33 heavy (non-hydrogen) atoms. The molecule has 1 atom stereocenters. The van der Waals surface area contributed by atoms with E-state index in [0.29, 0.717) is 23.9 Å². The normalized spacial score (nSPS) is 11.8. The number of aromatic nitrogens is 4. The Kier molecular flexibility index (Phi) is 6.30. The molecule has 0 aliphatic carbocycles. The van der Waals surface area contributed by atoms with Crippen LogP contribution >= 0.6 is 0 Å². The molecule has 9 nitrogen and oxygen atoms in total. The highest BCUT2D eigenvalue weighted by Gasteiger charge is 2.17. The molecule has 0 saturated carbocycles. The first-order valence-corrected chi connectivity index (χ1v) is 10.5. The number of hydrogen-bond donors (Lipinski definition) is 3. The summed E-state index contributed by atoms with van der Waals surface area (Å²) in [6.07, 6.45) is 2.80. The average Bonchev–Trinajstić information content (AvgIpc) is 3.25. The molecule has 0 fully saturated rings.